The molecule has 0 saturated heterocycles. The molecule has 0 aliphatic carbocycles. The Hall–Kier alpha value is -5.30. The number of nitrogens with zero attached hydrogens (tertiary/aromatic N) is 3. The normalized spacial score (nSPS) is 11.0. The number of hydrazone groups is 1. The van der Waals surface area contributed by atoms with Crippen LogP contribution < -0.4 is 5.43 Å². The Balaban J connectivity index is 1.58. The standard InChI is InChI=1S/C31H24N4O3/c1-22-12-16-27(17-13-22)34-29(23-8-4-2-5-9-23)20-26(30(34)24-10-6-3-7-11-24)21-32-33-31(36)25-14-18-28(19-15-25)35(37)38/h2-21H,1H3,(H,33,36)/b32-21-. The number of aromatic nitrogens is 1. The van der Waals surface area contributed by atoms with Crippen molar-refractivity contribution in [3.63, 3.8) is 0 Å². The summed E-state index contributed by atoms with van der Waals surface area (Å²) in [5.41, 5.74) is 9.68. The molecule has 0 unspecified atom stereocenters. The van der Waals surface area contributed by atoms with Crippen molar-refractivity contribution in [3.8, 4) is 28.2 Å². The summed E-state index contributed by atoms with van der Waals surface area (Å²) in [5, 5.41) is 15.1. The third-order valence-corrected chi connectivity index (χ3v) is 6.15. The van der Waals surface area contributed by atoms with Gasteiger partial charge in [-0.3, -0.25) is 14.9 Å². The highest BCUT2D eigenvalue weighted by Crippen LogP contribution is 2.35. The van der Waals surface area contributed by atoms with Gasteiger partial charge >= 0.3 is 0 Å². The number of aryl methyl sites for hydroxylation is 1. The molecule has 0 aliphatic rings. The van der Waals surface area contributed by atoms with E-state index >= 15 is 0 Å². The first-order chi connectivity index (χ1) is 18.5. The van der Waals surface area contributed by atoms with Crippen LogP contribution in [0.3, 0.4) is 0 Å². The van der Waals surface area contributed by atoms with Gasteiger partial charge in [0.1, 0.15) is 0 Å². The first-order valence-electron chi connectivity index (χ1n) is 12.0. The van der Waals surface area contributed by atoms with E-state index in [0.717, 1.165) is 33.8 Å². The van der Waals surface area contributed by atoms with Crippen LogP contribution in [0.15, 0.2) is 120 Å². The largest absolute Gasteiger partial charge is 0.309 e. The van der Waals surface area contributed by atoms with Gasteiger partial charge in [0, 0.05) is 28.9 Å². The van der Waals surface area contributed by atoms with Crippen LogP contribution >= 0.6 is 0 Å². The van der Waals surface area contributed by atoms with Gasteiger partial charge in [0.05, 0.1) is 22.5 Å². The highest BCUT2D eigenvalue weighted by molar-refractivity contribution is 5.97. The van der Waals surface area contributed by atoms with Gasteiger partial charge in [0.2, 0.25) is 0 Å². The van der Waals surface area contributed by atoms with Crippen LogP contribution in [-0.4, -0.2) is 21.6 Å². The van der Waals surface area contributed by atoms with Gasteiger partial charge in [-0.1, -0.05) is 78.4 Å². The Morgan fingerprint density at radius 3 is 2.05 bits per heavy atom. The predicted molar refractivity (Wildman–Crippen MR) is 150 cm³/mol. The second-order valence-electron chi connectivity index (χ2n) is 8.74. The summed E-state index contributed by atoms with van der Waals surface area (Å²) in [7, 11) is 0. The third kappa shape index (κ3) is 5.12. The van der Waals surface area contributed by atoms with Crippen LogP contribution in [0.25, 0.3) is 28.2 Å². The van der Waals surface area contributed by atoms with Crippen LogP contribution in [0.1, 0.15) is 21.5 Å². The van der Waals surface area contributed by atoms with Crippen molar-refractivity contribution in [2.75, 3.05) is 0 Å². The molecule has 1 heterocycles. The fraction of sp³-hybridized carbons (Fsp3) is 0.0323. The lowest BCUT2D eigenvalue weighted by molar-refractivity contribution is -0.384. The van der Waals surface area contributed by atoms with Crippen molar-refractivity contribution in [1.29, 1.82) is 0 Å². The van der Waals surface area contributed by atoms with Crippen molar-refractivity contribution in [2.24, 2.45) is 5.10 Å². The van der Waals surface area contributed by atoms with E-state index in [4.69, 9.17) is 0 Å². The van der Waals surface area contributed by atoms with Crippen molar-refractivity contribution < 1.29 is 9.72 Å². The van der Waals surface area contributed by atoms with Crippen LogP contribution in [-0.2, 0) is 0 Å². The van der Waals surface area contributed by atoms with Crippen molar-refractivity contribution in [1.82, 2.24) is 9.99 Å². The van der Waals surface area contributed by atoms with Crippen LogP contribution in [0.4, 0.5) is 5.69 Å². The topological polar surface area (TPSA) is 89.5 Å². The minimum absolute atomic E-state index is 0.0801. The van der Waals surface area contributed by atoms with Gasteiger partial charge in [-0.25, -0.2) is 5.43 Å². The second kappa shape index (κ2) is 10.8. The molecule has 4 aromatic carbocycles. The first kappa shape index (κ1) is 24.4. The number of hydrogen-bond donors (Lipinski definition) is 1. The average Bonchev–Trinajstić information content (AvgIpc) is 3.33. The molecular formula is C31H24N4O3. The average molecular weight is 501 g/mol. The molecule has 0 spiro atoms. The summed E-state index contributed by atoms with van der Waals surface area (Å²) < 4.78 is 2.20. The molecule has 186 valence electrons. The molecule has 0 atom stereocenters. The number of nitro benzene ring substituents is 1. The number of non-ortho nitro benzene ring substituents is 1. The lowest BCUT2D eigenvalue weighted by Gasteiger charge is -2.15. The number of nitro groups is 1. The lowest BCUT2D eigenvalue weighted by atomic mass is 10.1. The maximum Gasteiger partial charge on any atom is 0.271 e. The Bertz CT molecular complexity index is 1610. The smallest absolute Gasteiger partial charge is 0.271 e. The van der Waals surface area contributed by atoms with Gasteiger partial charge in [-0.2, -0.15) is 5.10 Å². The minimum Gasteiger partial charge on any atom is -0.309 e. The molecule has 5 aromatic rings. The number of nitrogens with one attached hydrogen (secondary N) is 1. The molecule has 1 aromatic heterocycles. The predicted octanol–water partition coefficient (Wildman–Crippen LogP) is 6.79. The minimum atomic E-state index is -0.506. The molecular weight excluding hydrogens is 476 g/mol. The molecule has 1 N–H and O–H groups in total. The zero-order chi connectivity index (χ0) is 26.5. The molecule has 0 radical (unpaired) electrons. The zero-order valence-corrected chi connectivity index (χ0v) is 20.6. The Morgan fingerprint density at radius 2 is 1.45 bits per heavy atom. The third-order valence-electron chi connectivity index (χ3n) is 6.15. The molecule has 0 fully saturated rings. The monoisotopic (exact) mass is 500 g/mol. The van der Waals surface area contributed by atoms with Crippen LogP contribution in [0.2, 0.25) is 0 Å². The summed E-state index contributed by atoms with van der Waals surface area (Å²) in [4.78, 5) is 23.0. The molecule has 7 nitrogen and oxygen atoms in total. The molecule has 0 bridgehead atoms. The number of hydrogen-bond acceptors (Lipinski definition) is 4. The molecule has 0 aliphatic heterocycles. The summed E-state index contributed by atoms with van der Waals surface area (Å²) >= 11 is 0. The van der Waals surface area contributed by atoms with Crippen molar-refractivity contribution in [3.05, 3.63) is 142 Å². The zero-order valence-electron chi connectivity index (χ0n) is 20.6. The van der Waals surface area contributed by atoms with E-state index in [1.54, 1.807) is 6.21 Å². The highest BCUT2D eigenvalue weighted by Gasteiger charge is 2.19. The molecule has 1 amide bonds. The SMILES string of the molecule is Cc1ccc(-n2c(-c3ccccc3)cc(/C=N\NC(=O)c3ccc([N+](=O)[O-])cc3)c2-c2ccccc2)cc1. The number of carbonyl (C=O) groups is 1. The van der Waals surface area contributed by atoms with E-state index < -0.39 is 10.8 Å². The van der Waals surface area contributed by atoms with Crippen LogP contribution in [0.5, 0.6) is 0 Å². The fourth-order valence-corrected chi connectivity index (χ4v) is 4.26. The van der Waals surface area contributed by atoms with Gasteiger partial charge in [-0.15, -0.1) is 0 Å². The van der Waals surface area contributed by atoms with E-state index in [1.165, 1.54) is 29.8 Å². The van der Waals surface area contributed by atoms with E-state index in [2.05, 4.69) is 64.5 Å². The summed E-state index contributed by atoms with van der Waals surface area (Å²) in [6, 6.07) is 35.9. The number of rotatable bonds is 7. The Labute approximate surface area is 219 Å². The fourth-order valence-electron chi connectivity index (χ4n) is 4.26. The molecule has 5 rings (SSSR count). The second-order valence-corrected chi connectivity index (χ2v) is 8.74. The van der Waals surface area contributed by atoms with Crippen LogP contribution in [0, 0.1) is 17.0 Å². The number of benzene rings is 4. The van der Waals surface area contributed by atoms with Crippen molar-refractivity contribution in [2.45, 2.75) is 6.92 Å². The first-order valence-corrected chi connectivity index (χ1v) is 12.0. The Kier molecular flexibility index (Phi) is 6.91. The molecule has 38 heavy (non-hydrogen) atoms. The van der Waals surface area contributed by atoms with E-state index in [0.29, 0.717) is 0 Å². The maximum atomic E-state index is 12.6. The number of amides is 1. The van der Waals surface area contributed by atoms with Gasteiger partial charge in [-0.05, 0) is 48.4 Å². The van der Waals surface area contributed by atoms with E-state index in [1.807, 2.05) is 48.5 Å². The quantitative estimate of drug-likeness (QED) is 0.152. The van der Waals surface area contributed by atoms with Crippen molar-refractivity contribution >= 4 is 17.8 Å². The summed E-state index contributed by atoms with van der Waals surface area (Å²) in [6.07, 6.45) is 1.63. The van der Waals surface area contributed by atoms with E-state index in [-0.39, 0.29) is 11.3 Å². The molecule has 0 saturated carbocycles. The van der Waals surface area contributed by atoms with E-state index in [9.17, 15) is 14.9 Å². The summed E-state index contributed by atoms with van der Waals surface area (Å²) in [6.45, 7) is 2.06. The van der Waals surface area contributed by atoms with Gasteiger partial charge < -0.3 is 4.57 Å². The lowest BCUT2D eigenvalue weighted by Crippen LogP contribution is -2.17. The molecule has 7 heteroatoms. The van der Waals surface area contributed by atoms with Gasteiger partial charge in [0.25, 0.3) is 11.6 Å². The maximum absolute atomic E-state index is 12.6. The Morgan fingerprint density at radius 1 is 0.842 bits per heavy atom. The van der Waals surface area contributed by atoms with Gasteiger partial charge in [0.15, 0.2) is 0 Å². The summed E-state index contributed by atoms with van der Waals surface area (Å²) in [5.74, 6) is -0.460. The highest BCUT2D eigenvalue weighted by atomic mass is 16.6. The number of carbonyl (C=O) groups excluding carboxylic acids is 1.